The van der Waals surface area contributed by atoms with Gasteiger partial charge in [-0.25, -0.2) is 9.97 Å². The van der Waals surface area contributed by atoms with Crippen LogP contribution in [0.5, 0.6) is 0 Å². The Labute approximate surface area is 107 Å². The molecule has 3 rings (SSSR count). The van der Waals surface area contributed by atoms with E-state index in [1.807, 2.05) is 12.1 Å². The number of anilines is 3. The normalized spacial score (nSPS) is 14.8. The van der Waals surface area contributed by atoms with E-state index in [9.17, 15) is 0 Å². The SMILES string of the molecule is c1ccc(N2CCCC2)c(Nc2ccncn2)c1. The average molecular weight is 240 g/mol. The molecule has 0 amide bonds. The van der Waals surface area contributed by atoms with E-state index in [2.05, 4.69) is 38.4 Å². The van der Waals surface area contributed by atoms with E-state index in [0.717, 1.165) is 24.6 Å². The molecule has 0 bridgehead atoms. The maximum absolute atomic E-state index is 4.20. The molecule has 0 atom stereocenters. The van der Waals surface area contributed by atoms with Crippen LogP contribution >= 0.6 is 0 Å². The van der Waals surface area contributed by atoms with Crippen LogP contribution in [0.3, 0.4) is 0 Å². The van der Waals surface area contributed by atoms with E-state index in [1.165, 1.54) is 18.5 Å². The van der Waals surface area contributed by atoms with Gasteiger partial charge in [-0.15, -0.1) is 0 Å². The third-order valence-corrected chi connectivity index (χ3v) is 3.20. The highest BCUT2D eigenvalue weighted by Gasteiger charge is 2.15. The van der Waals surface area contributed by atoms with Crippen molar-refractivity contribution in [3.8, 4) is 0 Å². The summed E-state index contributed by atoms with van der Waals surface area (Å²) in [5.74, 6) is 0.830. The lowest BCUT2D eigenvalue weighted by atomic mass is 10.2. The summed E-state index contributed by atoms with van der Waals surface area (Å²) in [5.41, 5.74) is 2.37. The van der Waals surface area contributed by atoms with Crippen LogP contribution in [0.4, 0.5) is 17.2 Å². The fraction of sp³-hybridized carbons (Fsp3) is 0.286. The Kier molecular flexibility index (Phi) is 3.08. The second-order valence-electron chi connectivity index (χ2n) is 4.43. The Morgan fingerprint density at radius 1 is 1.06 bits per heavy atom. The number of benzene rings is 1. The van der Waals surface area contributed by atoms with Gasteiger partial charge in [-0.1, -0.05) is 12.1 Å². The molecular weight excluding hydrogens is 224 g/mol. The molecule has 0 unspecified atom stereocenters. The summed E-state index contributed by atoms with van der Waals surface area (Å²) in [6.07, 6.45) is 5.86. The van der Waals surface area contributed by atoms with Crippen LogP contribution in [0.2, 0.25) is 0 Å². The molecule has 0 spiro atoms. The van der Waals surface area contributed by atoms with Crippen molar-refractivity contribution in [3.63, 3.8) is 0 Å². The summed E-state index contributed by atoms with van der Waals surface area (Å²) < 4.78 is 0. The van der Waals surface area contributed by atoms with Gasteiger partial charge in [0.25, 0.3) is 0 Å². The molecule has 1 aliphatic rings. The average Bonchev–Trinajstić information content (AvgIpc) is 2.94. The predicted octanol–water partition coefficient (Wildman–Crippen LogP) is 2.82. The van der Waals surface area contributed by atoms with Gasteiger partial charge in [-0.05, 0) is 31.0 Å². The molecule has 2 heterocycles. The second-order valence-corrected chi connectivity index (χ2v) is 4.43. The van der Waals surface area contributed by atoms with Crippen molar-refractivity contribution < 1.29 is 0 Å². The van der Waals surface area contributed by atoms with Crippen LogP contribution in [0.15, 0.2) is 42.9 Å². The van der Waals surface area contributed by atoms with E-state index in [0.29, 0.717) is 0 Å². The highest BCUT2D eigenvalue weighted by molar-refractivity contribution is 5.74. The van der Waals surface area contributed by atoms with Crippen molar-refractivity contribution in [2.24, 2.45) is 0 Å². The standard InChI is InChI=1S/C14H16N4/c1-2-6-13(18-9-3-4-10-18)12(5-1)17-14-7-8-15-11-16-14/h1-2,5-8,11H,3-4,9-10H2,(H,15,16,17). The second kappa shape index (κ2) is 5.04. The van der Waals surface area contributed by atoms with Crippen molar-refractivity contribution in [1.82, 2.24) is 9.97 Å². The number of rotatable bonds is 3. The zero-order valence-corrected chi connectivity index (χ0v) is 10.2. The molecule has 0 saturated carbocycles. The summed E-state index contributed by atoms with van der Waals surface area (Å²) in [4.78, 5) is 10.5. The van der Waals surface area contributed by atoms with Crippen molar-refractivity contribution in [1.29, 1.82) is 0 Å². The lowest BCUT2D eigenvalue weighted by molar-refractivity contribution is 0.949. The molecule has 0 radical (unpaired) electrons. The predicted molar refractivity (Wildman–Crippen MR) is 73.2 cm³/mol. The van der Waals surface area contributed by atoms with Gasteiger partial charge in [-0.3, -0.25) is 0 Å². The first-order valence-electron chi connectivity index (χ1n) is 6.30. The van der Waals surface area contributed by atoms with E-state index in [4.69, 9.17) is 0 Å². The quantitative estimate of drug-likeness (QED) is 0.895. The van der Waals surface area contributed by atoms with Gasteiger partial charge in [0.1, 0.15) is 12.1 Å². The summed E-state index contributed by atoms with van der Waals surface area (Å²) in [6.45, 7) is 2.28. The molecular formula is C14H16N4. The van der Waals surface area contributed by atoms with Crippen molar-refractivity contribution in [2.75, 3.05) is 23.3 Å². The van der Waals surface area contributed by atoms with Crippen LogP contribution in [0.1, 0.15) is 12.8 Å². The van der Waals surface area contributed by atoms with Gasteiger partial charge in [-0.2, -0.15) is 0 Å². The highest BCUT2D eigenvalue weighted by Crippen LogP contribution is 2.30. The molecule has 1 saturated heterocycles. The Bertz CT molecular complexity index is 506. The van der Waals surface area contributed by atoms with Crippen molar-refractivity contribution in [2.45, 2.75) is 12.8 Å². The maximum Gasteiger partial charge on any atom is 0.133 e. The largest absolute Gasteiger partial charge is 0.370 e. The number of para-hydroxylation sites is 2. The molecule has 0 aliphatic carbocycles. The van der Waals surface area contributed by atoms with Crippen LogP contribution in [0.25, 0.3) is 0 Å². The molecule has 92 valence electrons. The fourth-order valence-corrected chi connectivity index (χ4v) is 2.32. The number of hydrogen-bond donors (Lipinski definition) is 1. The molecule has 1 fully saturated rings. The van der Waals surface area contributed by atoms with Crippen molar-refractivity contribution >= 4 is 17.2 Å². The molecule has 1 aliphatic heterocycles. The molecule has 4 nitrogen and oxygen atoms in total. The molecule has 1 aromatic heterocycles. The third kappa shape index (κ3) is 2.27. The van der Waals surface area contributed by atoms with Crippen LogP contribution < -0.4 is 10.2 Å². The van der Waals surface area contributed by atoms with Crippen LogP contribution in [-0.4, -0.2) is 23.1 Å². The lowest BCUT2D eigenvalue weighted by Gasteiger charge is -2.21. The first-order chi connectivity index (χ1) is 8.93. The van der Waals surface area contributed by atoms with E-state index in [-0.39, 0.29) is 0 Å². The highest BCUT2D eigenvalue weighted by atomic mass is 15.2. The van der Waals surface area contributed by atoms with Gasteiger partial charge in [0, 0.05) is 19.3 Å². The number of aromatic nitrogens is 2. The Hall–Kier alpha value is -2.10. The lowest BCUT2D eigenvalue weighted by Crippen LogP contribution is -2.18. The molecule has 18 heavy (non-hydrogen) atoms. The smallest absolute Gasteiger partial charge is 0.133 e. The number of hydrogen-bond acceptors (Lipinski definition) is 4. The minimum atomic E-state index is 0.830. The van der Waals surface area contributed by atoms with E-state index >= 15 is 0 Å². The zero-order valence-electron chi connectivity index (χ0n) is 10.2. The molecule has 1 aromatic carbocycles. The third-order valence-electron chi connectivity index (χ3n) is 3.20. The fourth-order valence-electron chi connectivity index (χ4n) is 2.32. The number of nitrogens with one attached hydrogen (secondary N) is 1. The minimum Gasteiger partial charge on any atom is -0.370 e. The summed E-state index contributed by atoms with van der Waals surface area (Å²) >= 11 is 0. The molecule has 1 N–H and O–H groups in total. The van der Waals surface area contributed by atoms with Gasteiger partial charge < -0.3 is 10.2 Å². The number of nitrogens with zero attached hydrogens (tertiary/aromatic N) is 3. The Morgan fingerprint density at radius 3 is 2.67 bits per heavy atom. The monoisotopic (exact) mass is 240 g/mol. The van der Waals surface area contributed by atoms with E-state index in [1.54, 1.807) is 12.5 Å². The molecule has 2 aromatic rings. The Balaban J connectivity index is 1.87. The van der Waals surface area contributed by atoms with Gasteiger partial charge in [0.2, 0.25) is 0 Å². The first-order valence-corrected chi connectivity index (χ1v) is 6.30. The van der Waals surface area contributed by atoms with Gasteiger partial charge in [0.15, 0.2) is 0 Å². The zero-order chi connectivity index (χ0) is 12.2. The van der Waals surface area contributed by atoms with Crippen LogP contribution in [0, 0.1) is 0 Å². The summed E-state index contributed by atoms with van der Waals surface area (Å²) in [5, 5.41) is 3.36. The van der Waals surface area contributed by atoms with Gasteiger partial charge >= 0.3 is 0 Å². The topological polar surface area (TPSA) is 41.0 Å². The van der Waals surface area contributed by atoms with Crippen molar-refractivity contribution in [3.05, 3.63) is 42.9 Å². The Morgan fingerprint density at radius 2 is 1.89 bits per heavy atom. The maximum atomic E-state index is 4.20. The summed E-state index contributed by atoms with van der Waals surface area (Å²) in [7, 11) is 0. The summed E-state index contributed by atoms with van der Waals surface area (Å²) in [6, 6.07) is 10.3. The minimum absolute atomic E-state index is 0.830. The van der Waals surface area contributed by atoms with E-state index < -0.39 is 0 Å². The van der Waals surface area contributed by atoms with Crippen LogP contribution in [-0.2, 0) is 0 Å². The first kappa shape index (κ1) is 11.0. The van der Waals surface area contributed by atoms with Gasteiger partial charge in [0.05, 0.1) is 11.4 Å². The molecule has 4 heteroatoms.